The van der Waals surface area contributed by atoms with Gasteiger partial charge in [0.1, 0.15) is 11.5 Å². The van der Waals surface area contributed by atoms with Crippen LogP contribution in [0.4, 0.5) is 35.3 Å². The number of hydrogen-bond acceptors (Lipinski definition) is 7. The molecular weight excluding hydrogens is 513 g/mol. The van der Waals surface area contributed by atoms with Crippen LogP contribution in [0.2, 0.25) is 0 Å². The van der Waals surface area contributed by atoms with Crippen LogP contribution in [0.3, 0.4) is 0 Å². The largest absolute Gasteiger partial charge is 0.416 e. The Balaban J connectivity index is 1.40. The summed E-state index contributed by atoms with van der Waals surface area (Å²) in [6.45, 7) is 3.32. The van der Waals surface area contributed by atoms with Crippen LogP contribution in [0, 0.1) is 11.8 Å². The van der Waals surface area contributed by atoms with Crippen molar-refractivity contribution in [2.75, 3.05) is 55.7 Å². The molecule has 39 heavy (non-hydrogen) atoms. The zero-order valence-electron chi connectivity index (χ0n) is 21.3. The zero-order valence-corrected chi connectivity index (χ0v) is 21.3. The molecule has 0 bridgehead atoms. The molecule has 5 N–H and O–H groups in total. The lowest BCUT2D eigenvalue weighted by Gasteiger charge is -2.34. The molecule has 1 aliphatic rings. The molecule has 0 spiro atoms. The van der Waals surface area contributed by atoms with E-state index in [1.54, 1.807) is 25.2 Å². The van der Waals surface area contributed by atoms with E-state index in [1.165, 1.54) is 23.0 Å². The van der Waals surface area contributed by atoms with E-state index in [0.717, 1.165) is 6.07 Å². The number of aliphatic hydroxyl groups is 1. The molecule has 1 aromatic carbocycles. The van der Waals surface area contributed by atoms with E-state index in [0.29, 0.717) is 49.8 Å². The molecule has 4 rings (SSSR count). The highest BCUT2D eigenvalue weighted by Gasteiger charge is 2.34. The third-order valence-corrected chi connectivity index (χ3v) is 6.19. The summed E-state index contributed by atoms with van der Waals surface area (Å²) in [7, 11) is 1.65. The van der Waals surface area contributed by atoms with E-state index in [1.807, 2.05) is 4.90 Å². The SMILES string of the molecule is Cn1nc(NC(=O)Nc2ccc(CN3CCN(CCO)CC3)c(C(F)(F)F)c2)cc1C#Cc1ccc(N)nc1. The van der Waals surface area contributed by atoms with Crippen molar-refractivity contribution in [3.8, 4) is 11.8 Å². The van der Waals surface area contributed by atoms with Gasteiger partial charge in [-0.25, -0.2) is 9.78 Å². The van der Waals surface area contributed by atoms with Gasteiger partial charge < -0.3 is 16.2 Å². The van der Waals surface area contributed by atoms with Crippen molar-refractivity contribution in [3.63, 3.8) is 0 Å². The average molecular weight is 543 g/mol. The Morgan fingerprint density at radius 2 is 1.82 bits per heavy atom. The molecule has 0 unspecified atom stereocenters. The lowest BCUT2D eigenvalue weighted by Crippen LogP contribution is -2.46. The van der Waals surface area contributed by atoms with Gasteiger partial charge in [0.05, 0.1) is 12.2 Å². The summed E-state index contributed by atoms with van der Waals surface area (Å²) in [5.74, 6) is 6.40. The number of carbonyl (C=O) groups is 1. The van der Waals surface area contributed by atoms with E-state index >= 15 is 0 Å². The maximum absolute atomic E-state index is 13.9. The molecule has 0 atom stereocenters. The fourth-order valence-electron chi connectivity index (χ4n) is 4.15. The number of benzene rings is 1. The molecule has 3 aromatic rings. The minimum absolute atomic E-state index is 0.00290. The Bertz CT molecular complexity index is 1350. The third-order valence-electron chi connectivity index (χ3n) is 6.19. The summed E-state index contributed by atoms with van der Waals surface area (Å²) in [6, 6.07) is 7.92. The minimum atomic E-state index is -4.59. The Labute approximate surface area is 223 Å². The molecule has 10 nitrogen and oxygen atoms in total. The first-order chi connectivity index (χ1) is 18.6. The zero-order chi connectivity index (χ0) is 28.0. The number of nitrogens with one attached hydrogen (secondary N) is 2. The molecule has 1 fully saturated rings. The molecule has 206 valence electrons. The predicted molar refractivity (Wildman–Crippen MR) is 141 cm³/mol. The number of amides is 2. The normalized spacial score (nSPS) is 14.5. The number of alkyl halides is 3. The van der Waals surface area contributed by atoms with Gasteiger partial charge >= 0.3 is 12.2 Å². The summed E-state index contributed by atoms with van der Waals surface area (Å²) >= 11 is 0. The number of piperazine rings is 1. The number of urea groups is 1. The quantitative estimate of drug-likeness (QED) is 0.353. The number of rotatable bonds is 6. The third kappa shape index (κ3) is 7.70. The average Bonchev–Trinajstić information content (AvgIpc) is 3.23. The van der Waals surface area contributed by atoms with Crippen LogP contribution in [0.25, 0.3) is 0 Å². The number of aryl methyl sites for hydroxylation is 1. The van der Waals surface area contributed by atoms with Crippen molar-refractivity contribution in [1.29, 1.82) is 0 Å². The molecule has 3 heterocycles. The number of aromatic nitrogens is 3. The Morgan fingerprint density at radius 1 is 1.08 bits per heavy atom. The fourth-order valence-corrected chi connectivity index (χ4v) is 4.15. The van der Waals surface area contributed by atoms with E-state index in [-0.39, 0.29) is 30.2 Å². The van der Waals surface area contributed by atoms with Gasteiger partial charge in [-0.05, 0) is 35.7 Å². The van der Waals surface area contributed by atoms with Crippen molar-refractivity contribution >= 4 is 23.4 Å². The molecule has 2 amide bonds. The minimum Gasteiger partial charge on any atom is -0.395 e. The van der Waals surface area contributed by atoms with Crippen LogP contribution in [-0.2, 0) is 19.8 Å². The van der Waals surface area contributed by atoms with Crippen LogP contribution < -0.4 is 16.4 Å². The standard InChI is InChI=1S/C26H29F3N8O2/c1-35-21(6-2-18-3-7-23(30)31-16-18)15-24(34-35)33-25(39)32-20-5-4-19(22(14-20)26(27,28)29)17-37-10-8-36(9-11-37)12-13-38/h3-5,7,14-16,38H,8-13,17H2,1H3,(H2,30,31)(H2,32,33,34,39). The lowest BCUT2D eigenvalue weighted by atomic mass is 10.0. The molecular formula is C26H29F3N8O2. The number of nitrogens with two attached hydrogens (primary N) is 1. The van der Waals surface area contributed by atoms with E-state index < -0.39 is 17.8 Å². The number of nitrogen functional groups attached to an aromatic ring is 1. The first kappa shape index (κ1) is 27.9. The number of halogens is 3. The maximum Gasteiger partial charge on any atom is 0.416 e. The van der Waals surface area contributed by atoms with Crippen molar-refractivity contribution < 1.29 is 23.1 Å². The highest BCUT2D eigenvalue weighted by Crippen LogP contribution is 2.34. The van der Waals surface area contributed by atoms with Gasteiger partial charge in [0.2, 0.25) is 0 Å². The van der Waals surface area contributed by atoms with Crippen LogP contribution in [0.15, 0.2) is 42.6 Å². The van der Waals surface area contributed by atoms with Crippen molar-refractivity contribution in [2.24, 2.45) is 7.05 Å². The van der Waals surface area contributed by atoms with Gasteiger partial charge in [0.25, 0.3) is 0 Å². The van der Waals surface area contributed by atoms with Gasteiger partial charge in [-0.3, -0.25) is 19.8 Å². The molecule has 1 saturated heterocycles. The van der Waals surface area contributed by atoms with Gasteiger partial charge in [-0.1, -0.05) is 12.0 Å². The second-order valence-electron chi connectivity index (χ2n) is 9.05. The van der Waals surface area contributed by atoms with Crippen molar-refractivity contribution in [3.05, 3.63) is 65.0 Å². The summed E-state index contributed by atoms with van der Waals surface area (Å²) in [5.41, 5.74) is 6.05. The lowest BCUT2D eigenvalue weighted by molar-refractivity contribution is -0.138. The predicted octanol–water partition coefficient (Wildman–Crippen LogP) is 2.57. The summed E-state index contributed by atoms with van der Waals surface area (Å²) in [4.78, 5) is 20.5. The summed E-state index contributed by atoms with van der Waals surface area (Å²) in [6.07, 6.45) is -3.05. The molecule has 1 aliphatic heterocycles. The van der Waals surface area contributed by atoms with E-state index in [9.17, 15) is 18.0 Å². The van der Waals surface area contributed by atoms with Crippen LogP contribution in [0.5, 0.6) is 0 Å². The van der Waals surface area contributed by atoms with E-state index in [4.69, 9.17) is 10.8 Å². The first-order valence-electron chi connectivity index (χ1n) is 12.2. The molecule has 13 heteroatoms. The number of pyridine rings is 1. The molecule has 2 aromatic heterocycles. The van der Waals surface area contributed by atoms with Crippen LogP contribution in [-0.4, -0.2) is 75.0 Å². The van der Waals surface area contributed by atoms with Gasteiger partial charge in [0.15, 0.2) is 5.82 Å². The Morgan fingerprint density at radius 3 is 2.49 bits per heavy atom. The van der Waals surface area contributed by atoms with Gasteiger partial charge in [-0.2, -0.15) is 18.3 Å². The Kier molecular flexibility index (Phi) is 8.70. The number of carbonyl (C=O) groups excluding carboxylic acids is 1. The first-order valence-corrected chi connectivity index (χ1v) is 12.2. The fraction of sp³-hybridized carbons (Fsp3) is 0.346. The second-order valence-corrected chi connectivity index (χ2v) is 9.05. The highest BCUT2D eigenvalue weighted by molar-refractivity contribution is 5.99. The number of β-amino-alcohol motifs (C(OH)–C–C–N with tert-alkyl or cyclic N) is 1. The topological polar surface area (TPSA) is 125 Å². The number of anilines is 3. The number of hydrogen-bond donors (Lipinski definition) is 4. The number of nitrogens with zero attached hydrogens (tertiary/aromatic N) is 5. The summed E-state index contributed by atoms with van der Waals surface area (Å²) in [5, 5.41) is 18.2. The van der Waals surface area contributed by atoms with Crippen molar-refractivity contribution in [1.82, 2.24) is 24.6 Å². The van der Waals surface area contributed by atoms with Gasteiger partial charge in [0, 0.05) is 69.8 Å². The second kappa shape index (κ2) is 12.2. The van der Waals surface area contributed by atoms with Crippen molar-refractivity contribution in [2.45, 2.75) is 12.7 Å². The maximum atomic E-state index is 13.9. The summed E-state index contributed by atoms with van der Waals surface area (Å²) < 4.78 is 43.1. The smallest absolute Gasteiger partial charge is 0.395 e. The van der Waals surface area contributed by atoms with E-state index in [2.05, 4.69) is 37.5 Å². The van der Waals surface area contributed by atoms with Crippen LogP contribution in [0.1, 0.15) is 22.4 Å². The molecule has 0 aliphatic carbocycles. The van der Waals surface area contributed by atoms with Gasteiger partial charge in [-0.15, -0.1) is 0 Å². The number of aliphatic hydroxyl groups excluding tert-OH is 1. The highest BCUT2D eigenvalue weighted by atomic mass is 19.4. The Hall–Kier alpha value is -4.12. The molecule has 0 radical (unpaired) electrons. The van der Waals surface area contributed by atoms with Crippen LogP contribution >= 0.6 is 0 Å². The molecule has 0 saturated carbocycles. The monoisotopic (exact) mass is 542 g/mol.